The second-order valence-corrected chi connectivity index (χ2v) is 8.03. The smallest absolute Gasteiger partial charge is 0.415 e. The first kappa shape index (κ1) is 23.5. The van der Waals surface area contributed by atoms with Crippen LogP contribution < -0.4 is 4.90 Å². The summed E-state index contributed by atoms with van der Waals surface area (Å²) in [6.07, 6.45) is 4.85. The number of carbonyl (C=O) groups is 2. The third kappa shape index (κ3) is 5.19. The minimum Gasteiger partial charge on any atom is -0.479 e. The number of hydrogen-bond donors (Lipinski definition) is 1. The van der Waals surface area contributed by atoms with E-state index in [4.69, 9.17) is 4.74 Å². The Hall–Kier alpha value is -3.12. The van der Waals surface area contributed by atoms with E-state index >= 15 is 0 Å². The topological polar surface area (TPSA) is 70.1 Å². The number of anilines is 1. The van der Waals surface area contributed by atoms with Gasteiger partial charge in [-0.1, -0.05) is 60.7 Å². The Bertz CT molecular complexity index is 916. The van der Waals surface area contributed by atoms with Gasteiger partial charge in [0, 0.05) is 31.2 Å². The Morgan fingerprint density at radius 2 is 1.81 bits per heavy atom. The summed E-state index contributed by atoms with van der Waals surface area (Å²) < 4.78 is 5.31. The van der Waals surface area contributed by atoms with Gasteiger partial charge in [-0.25, -0.2) is 9.59 Å². The van der Waals surface area contributed by atoms with Crippen LogP contribution in [0.3, 0.4) is 0 Å². The molecule has 1 aliphatic rings. The average Bonchev–Trinajstić information content (AvgIpc) is 2.80. The Morgan fingerprint density at radius 3 is 2.41 bits per heavy atom. The van der Waals surface area contributed by atoms with Gasteiger partial charge in [0.15, 0.2) is 5.54 Å². The van der Waals surface area contributed by atoms with Gasteiger partial charge in [0.2, 0.25) is 0 Å². The molecule has 32 heavy (non-hydrogen) atoms. The average molecular weight is 437 g/mol. The van der Waals surface area contributed by atoms with Crippen LogP contribution in [0.4, 0.5) is 10.5 Å². The molecule has 1 aliphatic heterocycles. The van der Waals surface area contributed by atoms with Gasteiger partial charge in [-0.3, -0.25) is 9.80 Å². The second-order valence-electron chi connectivity index (χ2n) is 8.03. The van der Waals surface area contributed by atoms with Crippen LogP contribution in [0.25, 0.3) is 0 Å². The molecule has 2 aromatic carbocycles. The second kappa shape index (κ2) is 11.0. The number of likely N-dealkylation sites (tertiary alicyclic amines) is 1. The van der Waals surface area contributed by atoms with E-state index in [0.717, 1.165) is 13.0 Å². The zero-order chi connectivity index (χ0) is 23.0. The zero-order valence-corrected chi connectivity index (χ0v) is 18.8. The number of hydrogen-bond acceptors (Lipinski definition) is 4. The molecular formula is C26H32N2O4. The zero-order valence-electron chi connectivity index (χ0n) is 18.8. The highest BCUT2D eigenvalue weighted by molar-refractivity contribution is 5.98. The van der Waals surface area contributed by atoms with Crippen molar-refractivity contribution in [3.8, 4) is 0 Å². The van der Waals surface area contributed by atoms with E-state index in [-0.39, 0.29) is 19.1 Å². The summed E-state index contributed by atoms with van der Waals surface area (Å²) in [6.45, 7) is 5.23. The lowest BCUT2D eigenvalue weighted by atomic mass is 9.80. The summed E-state index contributed by atoms with van der Waals surface area (Å²) in [5, 5.41) is 10.4. The van der Waals surface area contributed by atoms with E-state index in [9.17, 15) is 14.7 Å². The van der Waals surface area contributed by atoms with Crippen molar-refractivity contribution in [3.63, 3.8) is 0 Å². The number of carbonyl (C=O) groups excluding carboxylic acids is 1. The van der Waals surface area contributed by atoms with Gasteiger partial charge < -0.3 is 9.84 Å². The van der Waals surface area contributed by atoms with E-state index in [1.807, 2.05) is 43.3 Å². The molecule has 1 heterocycles. The number of amides is 1. The maximum atomic E-state index is 13.0. The minimum absolute atomic E-state index is 0.103. The molecule has 0 aliphatic carbocycles. The quantitative estimate of drug-likeness (QED) is 0.605. The van der Waals surface area contributed by atoms with Crippen LogP contribution in [0.15, 0.2) is 72.8 Å². The lowest BCUT2D eigenvalue weighted by Crippen LogP contribution is -2.64. The van der Waals surface area contributed by atoms with Crippen molar-refractivity contribution in [1.82, 2.24) is 4.90 Å². The van der Waals surface area contributed by atoms with Crippen LogP contribution in [0.1, 0.15) is 32.3 Å². The third-order valence-corrected chi connectivity index (χ3v) is 6.06. The van der Waals surface area contributed by atoms with E-state index in [2.05, 4.69) is 17.0 Å². The summed E-state index contributed by atoms with van der Waals surface area (Å²) in [4.78, 5) is 29.4. The summed E-state index contributed by atoms with van der Waals surface area (Å²) in [6, 6.07) is 19.1. The van der Waals surface area contributed by atoms with Crippen molar-refractivity contribution in [1.29, 1.82) is 0 Å². The van der Waals surface area contributed by atoms with Crippen LogP contribution >= 0.6 is 0 Å². The number of aliphatic carboxylic acids is 1. The molecule has 0 radical (unpaired) electrons. The third-order valence-electron chi connectivity index (χ3n) is 6.06. The number of rotatable bonds is 8. The molecule has 2 unspecified atom stereocenters. The Morgan fingerprint density at radius 1 is 1.16 bits per heavy atom. The van der Waals surface area contributed by atoms with Crippen molar-refractivity contribution < 1.29 is 19.4 Å². The van der Waals surface area contributed by atoms with Gasteiger partial charge >= 0.3 is 12.1 Å². The Labute approximate surface area is 190 Å². The first-order chi connectivity index (χ1) is 15.5. The summed E-state index contributed by atoms with van der Waals surface area (Å²) in [5.74, 6) is -1.01. The van der Waals surface area contributed by atoms with Crippen LogP contribution in [-0.2, 0) is 16.0 Å². The van der Waals surface area contributed by atoms with Gasteiger partial charge in [0.1, 0.15) is 0 Å². The van der Waals surface area contributed by atoms with Crippen molar-refractivity contribution in [2.75, 3.05) is 24.6 Å². The van der Waals surface area contributed by atoms with Crippen LogP contribution in [0, 0.1) is 0 Å². The Kier molecular flexibility index (Phi) is 8.06. The number of para-hydroxylation sites is 1. The number of carboxylic acid groups (broad SMARTS) is 1. The van der Waals surface area contributed by atoms with E-state index < -0.39 is 17.6 Å². The molecule has 1 saturated heterocycles. The number of nitrogens with zero attached hydrogens (tertiary/aromatic N) is 2. The van der Waals surface area contributed by atoms with E-state index in [0.29, 0.717) is 18.7 Å². The maximum absolute atomic E-state index is 13.0. The number of ether oxygens (including phenoxy) is 1. The number of allylic oxidation sites excluding steroid dienone is 1. The fraction of sp³-hybridized carbons (Fsp3) is 0.385. The monoisotopic (exact) mass is 436 g/mol. The van der Waals surface area contributed by atoms with Gasteiger partial charge in [-0.2, -0.15) is 0 Å². The van der Waals surface area contributed by atoms with Crippen LogP contribution in [0.5, 0.6) is 0 Å². The molecule has 0 spiro atoms. The predicted molar refractivity (Wildman–Crippen MR) is 126 cm³/mol. The van der Waals surface area contributed by atoms with Crippen molar-refractivity contribution in [2.24, 2.45) is 0 Å². The number of carboxylic acids is 1. The molecule has 1 amide bonds. The lowest BCUT2D eigenvalue weighted by molar-refractivity contribution is -0.146. The molecule has 6 heteroatoms. The van der Waals surface area contributed by atoms with Crippen molar-refractivity contribution >= 4 is 17.7 Å². The molecule has 0 bridgehead atoms. The minimum atomic E-state index is -1.39. The number of benzene rings is 2. The fourth-order valence-electron chi connectivity index (χ4n) is 4.46. The first-order valence-corrected chi connectivity index (χ1v) is 11.2. The van der Waals surface area contributed by atoms with Gasteiger partial charge in [0.05, 0.1) is 6.61 Å². The predicted octanol–water partition coefficient (Wildman–Crippen LogP) is 4.76. The highest BCUT2D eigenvalue weighted by atomic mass is 16.6. The molecule has 0 saturated carbocycles. The summed E-state index contributed by atoms with van der Waals surface area (Å²) in [7, 11) is 0. The standard InChI is InChI=1S/C26H32N2O4/c1-3-11-23-20-26(24(29)30,17-19-27(23)18-16-21-12-7-5-8-13-21)28(25(31)32-4-2)22-14-9-6-10-15-22/h3,5-15,23H,4,16-20H2,1-2H3,(H,29,30). The largest absolute Gasteiger partial charge is 0.479 e. The van der Waals surface area contributed by atoms with Crippen LogP contribution in [-0.4, -0.2) is 53.3 Å². The first-order valence-electron chi connectivity index (χ1n) is 11.2. The van der Waals surface area contributed by atoms with Crippen LogP contribution in [0.2, 0.25) is 0 Å². The SMILES string of the molecule is CC=CC1CC(C(=O)O)(N(C(=O)OCC)c2ccccc2)CCN1CCc1ccccc1. The van der Waals surface area contributed by atoms with Gasteiger partial charge in [0.25, 0.3) is 0 Å². The van der Waals surface area contributed by atoms with E-state index in [1.54, 1.807) is 31.2 Å². The fourth-order valence-corrected chi connectivity index (χ4v) is 4.46. The van der Waals surface area contributed by atoms with Gasteiger partial charge in [-0.15, -0.1) is 0 Å². The molecule has 2 aromatic rings. The molecule has 6 nitrogen and oxygen atoms in total. The highest BCUT2D eigenvalue weighted by Crippen LogP contribution is 2.37. The summed E-state index contributed by atoms with van der Waals surface area (Å²) >= 11 is 0. The molecule has 2 atom stereocenters. The molecule has 1 fully saturated rings. The Balaban J connectivity index is 1.91. The molecule has 0 aromatic heterocycles. The van der Waals surface area contributed by atoms with Crippen molar-refractivity contribution in [2.45, 2.75) is 44.7 Å². The normalized spacial score (nSPS) is 21.4. The molecule has 3 rings (SSSR count). The van der Waals surface area contributed by atoms with Gasteiger partial charge in [-0.05, 0) is 44.4 Å². The molecule has 1 N–H and O–H groups in total. The molecular weight excluding hydrogens is 404 g/mol. The summed E-state index contributed by atoms with van der Waals surface area (Å²) in [5.41, 5.74) is 0.394. The van der Waals surface area contributed by atoms with Crippen molar-refractivity contribution in [3.05, 3.63) is 78.4 Å². The highest BCUT2D eigenvalue weighted by Gasteiger charge is 2.52. The molecule has 170 valence electrons. The maximum Gasteiger partial charge on any atom is 0.415 e. The number of piperidine rings is 1. The van der Waals surface area contributed by atoms with E-state index in [1.165, 1.54) is 10.5 Å². The lowest BCUT2D eigenvalue weighted by Gasteiger charge is -2.48.